The first-order valence-electron chi connectivity index (χ1n) is 7.81. The lowest BCUT2D eigenvalue weighted by Crippen LogP contribution is -2.02. The van der Waals surface area contributed by atoms with Gasteiger partial charge in [0.2, 0.25) is 11.8 Å². The first-order valence-corrected chi connectivity index (χ1v) is 8.80. The molecule has 0 radical (unpaired) electrons. The topological polar surface area (TPSA) is 89.9 Å². The molecule has 1 fully saturated rings. The quantitative estimate of drug-likeness (QED) is 0.688. The predicted molar refractivity (Wildman–Crippen MR) is 88.2 cm³/mol. The van der Waals surface area contributed by atoms with Crippen LogP contribution in [-0.4, -0.2) is 30.1 Å². The van der Waals surface area contributed by atoms with E-state index in [1.165, 1.54) is 17.3 Å². The number of benzene rings is 1. The minimum absolute atomic E-state index is 0.0951. The summed E-state index contributed by atoms with van der Waals surface area (Å²) in [5.41, 5.74) is 2.10. The van der Waals surface area contributed by atoms with E-state index in [0.717, 1.165) is 23.6 Å². The van der Waals surface area contributed by atoms with E-state index in [-0.39, 0.29) is 6.61 Å². The molecule has 1 N–H and O–H groups in total. The van der Waals surface area contributed by atoms with Crippen molar-refractivity contribution in [3.8, 4) is 11.5 Å². The Bertz CT molecular complexity index is 839. The molecule has 1 aromatic carbocycles. The number of aliphatic hydroxyl groups excluding tert-OH is 1. The maximum atomic E-state index is 9.37. The van der Waals surface area contributed by atoms with Crippen molar-refractivity contribution < 1.29 is 9.52 Å². The lowest BCUT2D eigenvalue weighted by atomic mass is 10.1. The van der Waals surface area contributed by atoms with Gasteiger partial charge in [-0.2, -0.15) is 0 Å². The third kappa shape index (κ3) is 3.07. The molecule has 0 amide bonds. The minimum Gasteiger partial charge on any atom is -0.420 e. The molecule has 2 aromatic heterocycles. The van der Waals surface area contributed by atoms with Gasteiger partial charge in [0, 0.05) is 11.6 Å². The number of rotatable bonds is 6. The van der Waals surface area contributed by atoms with E-state index in [1.807, 2.05) is 35.8 Å². The second-order valence-corrected chi connectivity index (χ2v) is 6.76. The third-order valence-corrected chi connectivity index (χ3v) is 4.81. The fourth-order valence-electron chi connectivity index (χ4n) is 2.46. The summed E-state index contributed by atoms with van der Waals surface area (Å²) in [6.07, 6.45) is 2.22. The molecule has 0 spiro atoms. The SMILES string of the molecule is Cc1ccc(-c2nnc(CSc3nnc(CO)n3C3CC3)o2)cc1. The molecule has 2 heterocycles. The van der Waals surface area contributed by atoms with Crippen LogP contribution in [-0.2, 0) is 12.4 Å². The van der Waals surface area contributed by atoms with E-state index >= 15 is 0 Å². The van der Waals surface area contributed by atoms with Gasteiger partial charge in [-0.3, -0.25) is 0 Å². The Hall–Kier alpha value is -2.19. The first-order chi connectivity index (χ1) is 11.7. The van der Waals surface area contributed by atoms with Crippen molar-refractivity contribution in [1.82, 2.24) is 25.0 Å². The Morgan fingerprint density at radius 1 is 1.17 bits per heavy atom. The summed E-state index contributed by atoms with van der Waals surface area (Å²) >= 11 is 1.50. The highest BCUT2D eigenvalue weighted by Crippen LogP contribution is 2.39. The van der Waals surface area contributed by atoms with Crippen LogP contribution in [0.5, 0.6) is 0 Å². The molecule has 8 heteroatoms. The summed E-state index contributed by atoms with van der Waals surface area (Å²) in [4.78, 5) is 0. The van der Waals surface area contributed by atoms with E-state index in [0.29, 0.717) is 29.4 Å². The highest BCUT2D eigenvalue weighted by atomic mass is 32.2. The number of aliphatic hydroxyl groups is 1. The molecule has 0 bridgehead atoms. The zero-order chi connectivity index (χ0) is 16.5. The molecule has 0 unspecified atom stereocenters. The van der Waals surface area contributed by atoms with Gasteiger partial charge < -0.3 is 14.1 Å². The fourth-order valence-corrected chi connectivity index (χ4v) is 3.33. The Labute approximate surface area is 143 Å². The van der Waals surface area contributed by atoms with Crippen LogP contribution in [0.2, 0.25) is 0 Å². The van der Waals surface area contributed by atoms with Gasteiger partial charge in [0.15, 0.2) is 11.0 Å². The molecule has 0 atom stereocenters. The van der Waals surface area contributed by atoms with E-state index in [9.17, 15) is 5.11 Å². The normalized spacial score (nSPS) is 14.2. The predicted octanol–water partition coefficient (Wildman–Crippen LogP) is 2.76. The molecule has 3 aromatic rings. The average Bonchev–Trinajstić information content (AvgIpc) is 3.18. The van der Waals surface area contributed by atoms with Gasteiger partial charge in [0.25, 0.3) is 0 Å². The van der Waals surface area contributed by atoms with Crippen LogP contribution < -0.4 is 0 Å². The van der Waals surface area contributed by atoms with Crippen LogP contribution in [0.25, 0.3) is 11.5 Å². The van der Waals surface area contributed by atoms with Crippen LogP contribution in [0.15, 0.2) is 33.8 Å². The van der Waals surface area contributed by atoms with E-state index in [2.05, 4.69) is 20.4 Å². The highest BCUT2D eigenvalue weighted by Gasteiger charge is 2.29. The molecular weight excluding hydrogens is 326 g/mol. The van der Waals surface area contributed by atoms with Crippen molar-refractivity contribution in [2.45, 2.75) is 43.3 Å². The van der Waals surface area contributed by atoms with Gasteiger partial charge in [-0.25, -0.2) is 0 Å². The molecule has 1 aliphatic rings. The number of thioether (sulfide) groups is 1. The van der Waals surface area contributed by atoms with Crippen molar-refractivity contribution in [1.29, 1.82) is 0 Å². The largest absolute Gasteiger partial charge is 0.420 e. The zero-order valence-corrected chi connectivity index (χ0v) is 14.0. The van der Waals surface area contributed by atoms with Crippen LogP contribution in [0.1, 0.15) is 36.2 Å². The number of hydrogen-bond acceptors (Lipinski definition) is 7. The Balaban J connectivity index is 1.47. The van der Waals surface area contributed by atoms with Crippen molar-refractivity contribution in [2.24, 2.45) is 0 Å². The van der Waals surface area contributed by atoms with Gasteiger partial charge in [0.05, 0.1) is 5.75 Å². The lowest BCUT2D eigenvalue weighted by molar-refractivity contribution is 0.263. The van der Waals surface area contributed by atoms with Gasteiger partial charge in [0.1, 0.15) is 6.61 Å². The van der Waals surface area contributed by atoms with Crippen molar-refractivity contribution in [3.05, 3.63) is 41.5 Å². The summed E-state index contributed by atoms with van der Waals surface area (Å²) in [5, 5.41) is 26.6. The van der Waals surface area contributed by atoms with Crippen LogP contribution in [0.3, 0.4) is 0 Å². The molecule has 24 heavy (non-hydrogen) atoms. The van der Waals surface area contributed by atoms with Crippen molar-refractivity contribution in [3.63, 3.8) is 0 Å². The number of aryl methyl sites for hydroxylation is 1. The van der Waals surface area contributed by atoms with Crippen LogP contribution in [0.4, 0.5) is 0 Å². The maximum Gasteiger partial charge on any atom is 0.247 e. The summed E-state index contributed by atoms with van der Waals surface area (Å²) in [6, 6.07) is 8.38. The molecule has 0 saturated heterocycles. The molecule has 4 rings (SSSR count). The van der Waals surface area contributed by atoms with Crippen LogP contribution in [0, 0.1) is 6.92 Å². The second kappa shape index (κ2) is 6.37. The summed E-state index contributed by atoms with van der Waals surface area (Å²) in [7, 11) is 0. The number of nitrogens with zero attached hydrogens (tertiary/aromatic N) is 5. The second-order valence-electron chi connectivity index (χ2n) is 5.81. The third-order valence-electron chi connectivity index (χ3n) is 3.88. The Morgan fingerprint density at radius 2 is 1.96 bits per heavy atom. The minimum atomic E-state index is -0.0951. The Kier molecular flexibility index (Phi) is 4.07. The lowest BCUT2D eigenvalue weighted by Gasteiger charge is -2.05. The number of aromatic nitrogens is 5. The van der Waals surface area contributed by atoms with Crippen LogP contribution >= 0.6 is 11.8 Å². The standard InChI is InChI=1S/C16H17N5O2S/c1-10-2-4-11(5-3-10)15-19-18-14(23-15)9-24-16-20-17-13(8-22)21(16)12-6-7-12/h2-5,12,22H,6-9H2,1H3. The molecule has 0 aliphatic heterocycles. The monoisotopic (exact) mass is 343 g/mol. The van der Waals surface area contributed by atoms with Crippen molar-refractivity contribution >= 4 is 11.8 Å². The highest BCUT2D eigenvalue weighted by molar-refractivity contribution is 7.98. The number of hydrogen-bond donors (Lipinski definition) is 1. The summed E-state index contributed by atoms with van der Waals surface area (Å²) in [5.74, 6) is 2.21. The summed E-state index contributed by atoms with van der Waals surface area (Å²) in [6.45, 7) is 1.94. The Morgan fingerprint density at radius 3 is 2.67 bits per heavy atom. The molecule has 1 aliphatic carbocycles. The van der Waals surface area contributed by atoms with Gasteiger partial charge in [-0.15, -0.1) is 20.4 Å². The fraction of sp³-hybridized carbons (Fsp3) is 0.375. The summed E-state index contributed by atoms with van der Waals surface area (Å²) < 4.78 is 7.75. The zero-order valence-electron chi connectivity index (χ0n) is 13.2. The molecular formula is C16H17N5O2S. The van der Waals surface area contributed by atoms with E-state index in [1.54, 1.807) is 0 Å². The van der Waals surface area contributed by atoms with Gasteiger partial charge >= 0.3 is 0 Å². The molecule has 124 valence electrons. The van der Waals surface area contributed by atoms with Gasteiger partial charge in [-0.05, 0) is 31.9 Å². The van der Waals surface area contributed by atoms with Gasteiger partial charge in [-0.1, -0.05) is 29.5 Å². The average molecular weight is 343 g/mol. The molecule has 1 saturated carbocycles. The maximum absolute atomic E-state index is 9.37. The smallest absolute Gasteiger partial charge is 0.247 e. The first kappa shape index (κ1) is 15.3. The van der Waals surface area contributed by atoms with E-state index < -0.39 is 0 Å². The molecule has 7 nitrogen and oxygen atoms in total. The van der Waals surface area contributed by atoms with E-state index in [4.69, 9.17) is 4.42 Å². The van der Waals surface area contributed by atoms with Crippen molar-refractivity contribution in [2.75, 3.05) is 0 Å².